The van der Waals surface area contributed by atoms with Crippen molar-refractivity contribution in [2.45, 2.75) is 6.42 Å². The number of hydrogen-bond donors (Lipinski definition) is 0. The summed E-state index contributed by atoms with van der Waals surface area (Å²) >= 11 is 0. The molecule has 0 saturated carbocycles. The largest absolute Gasteiger partial charge is 3.00 e. The zero-order valence-electron chi connectivity index (χ0n) is 3.99. The Balaban J connectivity index is -0.0000000267. The maximum absolute atomic E-state index is 9.21. The molecule has 0 heterocycles. The van der Waals surface area contributed by atoms with Gasteiger partial charge in [-0.2, -0.15) is 0 Å². The van der Waals surface area contributed by atoms with Gasteiger partial charge in [0.15, 0.2) is 0 Å². The number of halogens is 2. The summed E-state index contributed by atoms with van der Waals surface area (Å²) < 4.78 is 0. The topological polar surface area (TPSA) is 17.1 Å². The van der Waals surface area contributed by atoms with Gasteiger partial charge in [0.05, 0.1) is 0 Å². The zero-order chi connectivity index (χ0) is 4.12. The normalized spacial score (nSPS) is 4.00. The van der Waals surface area contributed by atoms with Crippen LogP contribution in [0.25, 0.3) is 0 Å². The molecular formula is C4H5CoI2O. The van der Waals surface area contributed by atoms with E-state index in [9.17, 15) is 4.79 Å². The maximum atomic E-state index is 9.21. The van der Waals surface area contributed by atoms with E-state index in [2.05, 4.69) is 6.58 Å². The van der Waals surface area contributed by atoms with Gasteiger partial charge in [-0.3, -0.25) is 6.29 Å². The molecule has 8 heavy (non-hydrogen) atoms. The summed E-state index contributed by atoms with van der Waals surface area (Å²) in [6.45, 7) is 3.29. The van der Waals surface area contributed by atoms with Crippen molar-refractivity contribution in [3.05, 3.63) is 12.7 Å². The smallest absolute Gasteiger partial charge is 1.00 e. The van der Waals surface area contributed by atoms with E-state index in [1.54, 1.807) is 6.29 Å². The van der Waals surface area contributed by atoms with Crippen molar-refractivity contribution < 1.29 is 69.5 Å². The first-order valence-electron chi connectivity index (χ1n) is 1.37. The molecule has 0 aliphatic heterocycles. The van der Waals surface area contributed by atoms with Gasteiger partial charge in [0.2, 0.25) is 0 Å². The second kappa shape index (κ2) is 23.8. The van der Waals surface area contributed by atoms with Crippen molar-refractivity contribution in [3.8, 4) is 0 Å². The van der Waals surface area contributed by atoms with E-state index in [0.29, 0.717) is 6.42 Å². The van der Waals surface area contributed by atoms with Gasteiger partial charge in [0, 0.05) is 0 Å². The van der Waals surface area contributed by atoms with E-state index in [4.69, 9.17) is 0 Å². The van der Waals surface area contributed by atoms with Crippen molar-refractivity contribution in [2.75, 3.05) is 0 Å². The van der Waals surface area contributed by atoms with Crippen LogP contribution in [0.2, 0.25) is 0 Å². The molecular weight excluding hydrogens is 377 g/mol. The number of rotatable bonds is 2. The second-order valence-electron chi connectivity index (χ2n) is 0.637. The fourth-order valence-corrected chi connectivity index (χ4v) is 0.0589. The molecule has 0 aromatic carbocycles. The van der Waals surface area contributed by atoms with Crippen LogP contribution >= 0.6 is 0 Å². The van der Waals surface area contributed by atoms with E-state index in [1.165, 1.54) is 6.08 Å². The molecule has 1 nitrogen and oxygen atoms in total. The van der Waals surface area contributed by atoms with Crippen LogP contribution in [0.15, 0.2) is 12.7 Å². The molecule has 0 aliphatic carbocycles. The molecule has 0 atom stereocenters. The summed E-state index contributed by atoms with van der Waals surface area (Å²) in [6.07, 6.45) is 3.50. The fourth-order valence-electron chi connectivity index (χ4n) is 0.0589. The first-order valence-corrected chi connectivity index (χ1v) is 1.37. The zero-order valence-corrected chi connectivity index (χ0v) is 9.35. The van der Waals surface area contributed by atoms with Gasteiger partial charge in [0.1, 0.15) is 0 Å². The third-order valence-electron chi connectivity index (χ3n) is 0.228. The Labute approximate surface area is 93.9 Å². The van der Waals surface area contributed by atoms with Gasteiger partial charge >= 0.3 is 16.8 Å². The minimum absolute atomic E-state index is 0. The molecule has 0 aliphatic rings. The predicted molar refractivity (Wildman–Crippen MR) is 20.5 cm³/mol. The Bertz CT molecular complexity index is 43.3. The van der Waals surface area contributed by atoms with Crippen molar-refractivity contribution in [3.63, 3.8) is 0 Å². The summed E-state index contributed by atoms with van der Waals surface area (Å²) in [5.74, 6) is 0. The van der Waals surface area contributed by atoms with Crippen LogP contribution in [-0.4, -0.2) is 6.29 Å². The molecule has 0 rings (SSSR count). The van der Waals surface area contributed by atoms with Gasteiger partial charge in [-0.05, 0) is 0 Å². The first-order chi connectivity index (χ1) is 2.41. The summed E-state index contributed by atoms with van der Waals surface area (Å²) in [7, 11) is 0. The molecule has 0 fully saturated rings. The summed E-state index contributed by atoms with van der Waals surface area (Å²) in [5, 5.41) is 0. The SMILES string of the molecule is C=CC[C-]=O.[Co+3].[I-].[I-]. The van der Waals surface area contributed by atoms with Gasteiger partial charge in [-0.15, -0.1) is 19.1 Å². The van der Waals surface area contributed by atoms with Crippen LogP contribution in [0.5, 0.6) is 0 Å². The van der Waals surface area contributed by atoms with E-state index >= 15 is 0 Å². The van der Waals surface area contributed by atoms with Crippen molar-refractivity contribution in [1.29, 1.82) is 0 Å². The van der Waals surface area contributed by atoms with Gasteiger partial charge < -0.3 is 52.7 Å². The third-order valence-corrected chi connectivity index (χ3v) is 0.228. The van der Waals surface area contributed by atoms with Crippen molar-refractivity contribution in [2.24, 2.45) is 0 Å². The Morgan fingerprint density at radius 2 is 1.88 bits per heavy atom. The Hall–Kier alpha value is 1.38. The van der Waals surface area contributed by atoms with E-state index in [0.717, 1.165) is 0 Å². The van der Waals surface area contributed by atoms with Crippen LogP contribution in [0, 0.1) is 0 Å². The summed E-state index contributed by atoms with van der Waals surface area (Å²) in [4.78, 5) is 9.21. The number of hydrogen-bond acceptors (Lipinski definition) is 1. The molecule has 0 aromatic heterocycles. The molecule has 0 amide bonds. The number of carbonyl (C=O) groups excluding carboxylic acids is 1. The molecule has 4 heteroatoms. The second-order valence-corrected chi connectivity index (χ2v) is 0.637. The van der Waals surface area contributed by atoms with Crippen LogP contribution in [-0.2, 0) is 21.6 Å². The van der Waals surface area contributed by atoms with Crippen LogP contribution in [0.3, 0.4) is 0 Å². The molecule has 0 radical (unpaired) electrons. The fraction of sp³-hybridized carbons (Fsp3) is 0.250. The van der Waals surface area contributed by atoms with Crippen LogP contribution in [0.1, 0.15) is 6.42 Å². The molecule has 0 bridgehead atoms. The standard InChI is InChI=1S/C4H5O.Co.2HI/c1-2-3-4-5;;;/h2H,1,3H2;;2*1H/q-1;+3;;/p-2. The number of allylic oxidation sites excluding steroid dienone is 1. The molecule has 0 aromatic rings. The first kappa shape index (κ1) is 22.8. The Morgan fingerprint density at radius 3 is 1.88 bits per heavy atom. The molecule has 0 N–H and O–H groups in total. The van der Waals surface area contributed by atoms with Gasteiger partial charge in [-0.25, -0.2) is 0 Å². The van der Waals surface area contributed by atoms with E-state index in [1.807, 2.05) is 0 Å². The van der Waals surface area contributed by atoms with Gasteiger partial charge in [0.25, 0.3) is 0 Å². The van der Waals surface area contributed by atoms with Gasteiger partial charge in [-0.1, -0.05) is 0 Å². The molecule has 0 saturated heterocycles. The predicted octanol–water partition coefficient (Wildman–Crippen LogP) is -5.32. The monoisotopic (exact) mass is 382 g/mol. The Kier molecular flexibility index (Phi) is 67.7. The summed E-state index contributed by atoms with van der Waals surface area (Å²) in [5.41, 5.74) is 0. The van der Waals surface area contributed by atoms with E-state index in [-0.39, 0.29) is 64.7 Å². The van der Waals surface area contributed by atoms with Crippen LogP contribution in [0.4, 0.5) is 0 Å². The quantitative estimate of drug-likeness (QED) is 0.265. The van der Waals surface area contributed by atoms with Crippen molar-refractivity contribution >= 4 is 6.29 Å². The minimum atomic E-state index is 0. The maximum Gasteiger partial charge on any atom is 3.00 e. The van der Waals surface area contributed by atoms with Crippen molar-refractivity contribution in [1.82, 2.24) is 0 Å². The minimum Gasteiger partial charge on any atom is -1.00 e. The van der Waals surface area contributed by atoms with Crippen LogP contribution < -0.4 is 48.0 Å². The summed E-state index contributed by atoms with van der Waals surface area (Å²) in [6, 6.07) is 0. The third kappa shape index (κ3) is 26.3. The Morgan fingerprint density at radius 1 is 1.50 bits per heavy atom. The molecule has 0 spiro atoms. The van der Waals surface area contributed by atoms with E-state index < -0.39 is 0 Å². The average Bonchev–Trinajstić information content (AvgIpc) is 1.41. The molecule has 50 valence electrons. The average molecular weight is 382 g/mol. The molecule has 0 unspecified atom stereocenters.